The summed E-state index contributed by atoms with van der Waals surface area (Å²) in [5, 5.41) is 7.31. The molecule has 17 heteroatoms. The van der Waals surface area contributed by atoms with Gasteiger partial charge in [-0.15, -0.1) is 0 Å². The number of fused-ring (bicyclic) bond motifs is 2. The number of methoxy groups -OCH3 is 4. The maximum absolute atomic E-state index is 13.7. The average Bonchev–Trinajstić information content (AvgIpc) is 4.09. The van der Waals surface area contributed by atoms with Crippen molar-refractivity contribution in [2.45, 2.75) is 75.9 Å². The van der Waals surface area contributed by atoms with Crippen molar-refractivity contribution in [2.24, 2.45) is 0 Å². The molecular formula is C41H49N9O8. The van der Waals surface area contributed by atoms with Gasteiger partial charge in [0.2, 0.25) is 11.8 Å². The molecule has 2 aromatic carbocycles. The van der Waals surface area contributed by atoms with Gasteiger partial charge >= 0.3 is 12.2 Å². The summed E-state index contributed by atoms with van der Waals surface area (Å²) in [5.41, 5.74) is 4.95. The van der Waals surface area contributed by atoms with Crippen LogP contribution in [0.4, 0.5) is 9.59 Å². The number of carbonyl (C=O) groups is 4. The van der Waals surface area contributed by atoms with E-state index in [4.69, 9.17) is 23.9 Å². The number of ether oxygens (including phenoxy) is 4. The third-order valence-corrected chi connectivity index (χ3v) is 11.3. The molecule has 2 fully saturated rings. The summed E-state index contributed by atoms with van der Waals surface area (Å²) in [4.78, 5) is 75.9. The highest BCUT2D eigenvalue weighted by molar-refractivity contribution is 5.92. The van der Waals surface area contributed by atoms with Crippen molar-refractivity contribution >= 4 is 45.9 Å². The van der Waals surface area contributed by atoms with Crippen LogP contribution in [0.5, 0.6) is 0 Å². The number of amides is 4. The van der Waals surface area contributed by atoms with E-state index in [2.05, 4.69) is 60.9 Å². The van der Waals surface area contributed by atoms with E-state index in [1.54, 1.807) is 36.0 Å². The molecule has 0 bridgehead atoms. The topological polar surface area (TPSA) is 206 Å². The van der Waals surface area contributed by atoms with Gasteiger partial charge in [0.25, 0.3) is 0 Å². The number of rotatable bonds is 12. The Morgan fingerprint density at radius 1 is 0.690 bits per heavy atom. The van der Waals surface area contributed by atoms with Crippen molar-refractivity contribution in [3.63, 3.8) is 0 Å². The standard InChI is InChI=1S/C41H49N9O8/c1-22(55-3)33(46-40(53)57-5)38(51)49-15-7-9-31(49)36-43-21-30(45-36)27-14-13-24-17-26(12-11-25(24)18-27)28-19-29-35(42-20-28)48-37(44-29)32-10-8-16-50(32)39(52)34(23(2)56-4)47-41(54)58-6/h11-14,17-23,31-34H,7-10,15-16H2,1-6H3,(H,43,45)(H,46,53)(H,47,54)(H,42,44,48)/t22-,23-,31+,32+,33+,34?/m1/s1. The Bertz CT molecular complexity index is 2310. The Morgan fingerprint density at radius 3 is 1.81 bits per heavy atom. The Balaban J connectivity index is 1.07. The second kappa shape index (κ2) is 17.2. The van der Waals surface area contributed by atoms with Gasteiger partial charge in [-0.2, -0.15) is 0 Å². The molecule has 7 rings (SSSR count). The Labute approximate surface area is 335 Å². The van der Waals surface area contributed by atoms with E-state index >= 15 is 0 Å². The SMILES string of the molecule is COC(=O)NC(C(=O)N1CCC[C@H]1c1nc2ncc(-c3ccc4cc(-c5cnc([C@@H]6CCCN6C(=O)[C@@H](NC(=O)OC)[C@@H](C)OC)[nH]5)ccc4c3)cc2[nH]1)[C@@H](C)OC. The number of nitrogens with one attached hydrogen (secondary N) is 4. The fraction of sp³-hybridized carbons (Fsp3) is 0.439. The van der Waals surface area contributed by atoms with Crippen molar-refractivity contribution < 1.29 is 38.1 Å². The van der Waals surface area contributed by atoms with Gasteiger partial charge < -0.3 is 49.3 Å². The van der Waals surface area contributed by atoms with Crippen LogP contribution in [0.1, 0.15) is 63.3 Å². The molecule has 1 unspecified atom stereocenters. The third-order valence-electron chi connectivity index (χ3n) is 11.3. The lowest BCUT2D eigenvalue weighted by atomic mass is 10.00. The van der Waals surface area contributed by atoms with E-state index in [9.17, 15) is 19.2 Å². The molecule has 17 nitrogen and oxygen atoms in total. The van der Waals surface area contributed by atoms with Crippen LogP contribution in [0, 0.1) is 0 Å². The second-order valence-electron chi connectivity index (χ2n) is 14.7. The van der Waals surface area contributed by atoms with Crippen molar-refractivity contribution in [3.8, 4) is 22.4 Å². The minimum Gasteiger partial charge on any atom is -0.453 e. The van der Waals surface area contributed by atoms with Crippen molar-refractivity contribution in [1.82, 2.24) is 45.4 Å². The van der Waals surface area contributed by atoms with Gasteiger partial charge in [-0.3, -0.25) is 9.59 Å². The van der Waals surface area contributed by atoms with Crippen LogP contribution in [0.25, 0.3) is 44.3 Å². The lowest BCUT2D eigenvalue weighted by molar-refractivity contribution is -0.138. The normalized spacial score (nSPS) is 18.9. The summed E-state index contributed by atoms with van der Waals surface area (Å²) < 4.78 is 20.3. The van der Waals surface area contributed by atoms with Gasteiger partial charge in [0.1, 0.15) is 23.7 Å². The lowest BCUT2D eigenvalue weighted by Gasteiger charge is -2.30. The number of imidazole rings is 2. The average molecular weight is 796 g/mol. The molecular weight excluding hydrogens is 747 g/mol. The third kappa shape index (κ3) is 8.04. The van der Waals surface area contributed by atoms with Gasteiger partial charge in [0.05, 0.1) is 55.9 Å². The van der Waals surface area contributed by atoms with Crippen LogP contribution in [-0.4, -0.2) is 125 Å². The maximum Gasteiger partial charge on any atom is 0.407 e. The van der Waals surface area contributed by atoms with Crippen LogP contribution in [-0.2, 0) is 28.5 Å². The number of hydrogen-bond donors (Lipinski definition) is 4. The van der Waals surface area contributed by atoms with Crippen LogP contribution < -0.4 is 10.6 Å². The van der Waals surface area contributed by atoms with E-state index in [1.807, 2.05) is 12.1 Å². The van der Waals surface area contributed by atoms with Gasteiger partial charge in [-0.25, -0.2) is 24.5 Å². The Kier molecular flexibility index (Phi) is 11.9. The highest BCUT2D eigenvalue weighted by atomic mass is 16.5. The predicted octanol–water partition coefficient (Wildman–Crippen LogP) is 5.01. The number of hydrogen-bond acceptors (Lipinski definition) is 11. The lowest BCUT2D eigenvalue weighted by Crippen LogP contribution is -2.54. The molecule has 2 aliphatic heterocycles. The Morgan fingerprint density at radius 2 is 1.24 bits per heavy atom. The molecule has 0 spiro atoms. The first kappa shape index (κ1) is 40.1. The summed E-state index contributed by atoms with van der Waals surface area (Å²) in [7, 11) is 5.49. The van der Waals surface area contributed by atoms with Gasteiger partial charge in [0.15, 0.2) is 5.65 Å². The summed E-state index contributed by atoms with van der Waals surface area (Å²) >= 11 is 0. The van der Waals surface area contributed by atoms with Crippen LogP contribution in [0.15, 0.2) is 54.9 Å². The fourth-order valence-corrected chi connectivity index (χ4v) is 7.87. The first-order valence-corrected chi connectivity index (χ1v) is 19.3. The maximum atomic E-state index is 13.7. The molecule has 0 saturated carbocycles. The summed E-state index contributed by atoms with van der Waals surface area (Å²) in [5.74, 6) is 0.784. The van der Waals surface area contributed by atoms with E-state index in [0.29, 0.717) is 36.8 Å². The highest BCUT2D eigenvalue weighted by Gasteiger charge is 2.40. The molecule has 4 N–H and O–H groups in total. The quantitative estimate of drug-likeness (QED) is 0.132. The molecule has 0 radical (unpaired) electrons. The molecule has 5 aromatic rings. The number of likely N-dealkylation sites (tertiary alicyclic amines) is 2. The van der Waals surface area contributed by atoms with Gasteiger partial charge in [-0.1, -0.05) is 24.3 Å². The number of alkyl carbamates (subject to hydrolysis) is 2. The van der Waals surface area contributed by atoms with E-state index in [1.165, 1.54) is 28.4 Å². The number of carbonyl (C=O) groups excluding carboxylic acids is 4. The number of H-pyrrole nitrogens is 2. The van der Waals surface area contributed by atoms with E-state index in [-0.39, 0.29) is 23.9 Å². The molecule has 2 aliphatic rings. The van der Waals surface area contributed by atoms with Crippen LogP contribution in [0.3, 0.4) is 0 Å². The second-order valence-corrected chi connectivity index (χ2v) is 14.7. The largest absolute Gasteiger partial charge is 0.453 e. The molecule has 58 heavy (non-hydrogen) atoms. The molecule has 306 valence electrons. The molecule has 5 heterocycles. The van der Waals surface area contributed by atoms with Crippen LogP contribution >= 0.6 is 0 Å². The molecule has 2 saturated heterocycles. The number of benzene rings is 2. The minimum atomic E-state index is -0.920. The number of aromatic amines is 2. The number of pyridine rings is 1. The van der Waals surface area contributed by atoms with E-state index < -0.39 is 36.5 Å². The van der Waals surface area contributed by atoms with Crippen molar-refractivity contribution in [3.05, 3.63) is 66.5 Å². The zero-order valence-electron chi connectivity index (χ0n) is 33.4. The molecule has 6 atom stereocenters. The summed E-state index contributed by atoms with van der Waals surface area (Å²) in [6.07, 6.45) is 4.06. The summed E-state index contributed by atoms with van der Waals surface area (Å²) in [6.45, 7) is 4.50. The summed E-state index contributed by atoms with van der Waals surface area (Å²) in [6, 6.07) is 12.0. The highest BCUT2D eigenvalue weighted by Crippen LogP contribution is 2.35. The zero-order chi connectivity index (χ0) is 41.1. The first-order valence-electron chi connectivity index (χ1n) is 19.3. The predicted molar refractivity (Wildman–Crippen MR) is 213 cm³/mol. The Hall–Kier alpha value is -6.07. The molecule has 0 aliphatic carbocycles. The van der Waals surface area contributed by atoms with Gasteiger partial charge in [0, 0.05) is 44.6 Å². The van der Waals surface area contributed by atoms with Crippen LogP contribution in [0.2, 0.25) is 0 Å². The fourth-order valence-electron chi connectivity index (χ4n) is 7.87. The molecule has 4 amide bonds. The van der Waals surface area contributed by atoms with Gasteiger partial charge in [-0.05, 0) is 74.1 Å². The minimum absolute atomic E-state index is 0.256. The monoisotopic (exact) mass is 795 g/mol. The number of aromatic nitrogens is 5. The molecule has 3 aromatic heterocycles. The first-order chi connectivity index (χ1) is 28.0. The zero-order valence-corrected chi connectivity index (χ0v) is 33.4. The number of nitrogens with zero attached hydrogens (tertiary/aromatic N) is 5. The van der Waals surface area contributed by atoms with Crippen molar-refractivity contribution in [1.29, 1.82) is 0 Å². The smallest absolute Gasteiger partial charge is 0.407 e. The van der Waals surface area contributed by atoms with E-state index in [0.717, 1.165) is 57.9 Å². The van der Waals surface area contributed by atoms with Crippen molar-refractivity contribution in [2.75, 3.05) is 41.5 Å².